The van der Waals surface area contributed by atoms with E-state index in [0.29, 0.717) is 17.1 Å². The van der Waals surface area contributed by atoms with Gasteiger partial charge in [-0.15, -0.1) is 10.2 Å². The molecule has 7 nitrogen and oxygen atoms in total. The molecule has 0 aliphatic rings. The number of hydrogen-bond acceptors (Lipinski definition) is 6. The highest BCUT2D eigenvalue weighted by molar-refractivity contribution is 5.79. The molecule has 3 aromatic rings. The van der Waals surface area contributed by atoms with Gasteiger partial charge in [0.1, 0.15) is 17.5 Å². The Morgan fingerprint density at radius 2 is 1.79 bits per heavy atom. The Balaban J connectivity index is 1.85. The number of tetrazole rings is 1. The lowest BCUT2D eigenvalue weighted by atomic mass is 10.2. The topological polar surface area (TPSA) is 102 Å². The van der Waals surface area contributed by atoms with E-state index in [2.05, 4.69) is 31.3 Å². The summed E-state index contributed by atoms with van der Waals surface area (Å²) in [4.78, 5) is 0. The Labute approximate surface area is 136 Å². The van der Waals surface area contributed by atoms with E-state index in [1.165, 1.54) is 12.3 Å². The molecule has 0 amide bonds. The summed E-state index contributed by atoms with van der Waals surface area (Å²) in [5.41, 5.74) is 1.89. The maximum atomic E-state index is 13.8. The summed E-state index contributed by atoms with van der Waals surface area (Å²) in [6.07, 6.45) is 1.46. The van der Waals surface area contributed by atoms with Crippen molar-refractivity contribution < 1.29 is 4.39 Å². The van der Waals surface area contributed by atoms with Crippen molar-refractivity contribution in [1.82, 2.24) is 20.6 Å². The van der Waals surface area contributed by atoms with Gasteiger partial charge in [-0.25, -0.2) is 4.39 Å². The average Bonchev–Trinajstić information content (AvgIpc) is 3.13. The standard InChI is InChI=1S/C16H12FN7/c17-12-5-1-2-6-13(12)20-15-8-4-3-7-14(15)19-10-11(9-18)16-21-23-24-22-16/h1-8,10,19-20H,(H,21,22,23,24). The van der Waals surface area contributed by atoms with Crippen LogP contribution in [0.1, 0.15) is 5.82 Å². The van der Waals surface area contributed by atoms with Gasteiger partial charge in [0.2, 0.25) is 5.82 Å². The fourth-order valence-corrected chi connectivity index (χ4v) is 2.00. The first kappa shape index (κ1) is 15.2. The predicted molar refractivity (Wildman–Crippen MR) is 87.5 cm³/mol. The van der Waals surface area contributed by atoms with Crippen molar-refractivity contribution in [2.24, 2.45) is 0 Å². The van der Waals surface area contributed by atoms with Gasteiger partial charge in [0.25, 0.3) is 0 Å². The van der Waals surface area contributed by atoms with Crippen LogP contribution < -0.4 is 10.6 Å². The van der Waals surface area contributed by atoms with E-state index < -0.39 is 0 Å². The number of halogens is 1. The minimum absolute atomic E-state index is 0.185. The number of allylic oxidation sites excluding steroid dienone is 1. The van der Waals surface area contributed by atoms with Crippen LogP contribution in [0, 0.1) is 17.1 Å². The number of anilines is 3. The van der Waals surface area contributed by atoms with Crippen LogP contribution in [0.25, 0.3) is 5.57 Å². The first-order valence-corrected chi connectivity index (χ1v) is 6.99. The summed E-state index contributed by atoms with van der Waals surface area (Å²) < 4.78 is 13.8. The number of H-pyrrole nitrogens is 1. The molecule has 0 radical (unpaired) electrons. The second-order valence-corrected chi connectivity index (χ2v) is 4.70. The lowest BCUT2D eigenvalue weighted by Crippen LogP contribution is -1.99. The molecule has 0 saturated heterocycles. The normalized spacial score (nSPS) is 10.9. The molecule has 0 saturated carbocycles. The molecular weight excluding hydrogens is 309 g/mol. The molecule has 1 aromatic heterocycles. The van der Waals surface area contributed by atoms with Crippen molar-refractivity contribution in [2.45, 2.75) is 0 Å². The SMILES string of the molecule is N#CC(=CNc1ccccc1Nc1ccccc1F)c1nn[nH]n1. The lowest BCUT2D eigenvalue weighted by Gasteiger charge is -2.12. The van der Waals surface area contributed by atoms with Crippen LogP contribution in [0.2, 0.25) is 0 Å². The highest BCUT2D eigenvalue weighted by Crippen LogP contribution is 2.27. The molecule has 2 aromatic carbocycles. The number of nitrogens with zero attached hydrogens (tertiary/aromatic N) is 4. The number of rotatable bonds is 5. The Hall–Kier alpha value is -3.73. The largest absolute Gasteiger partial charge is 0.359 e. The summed E-state index contributed by atoms with van der Waals surface area (Å²) >= 11 is 0. The maximum Gasteiger partial charge on any atom is 0.216 e. The van der Waals surface area contributed by atoms with Crippen molar-refractivity contribution >= 4 is 22.6 Å². The molecule has 0 spiro atoms. The zero-order valence-corrected chi connectivity index (χ0v) is 12.4. The molecule has 3 rings (SSSR count). The van der Waals surface area contributed by atoms with Gasteiger partial charge in [0.05, 0.1) is 17.1 Å². The van der Waals surface area contributed by atoms with Crippen molar-refractivity contribution in [1.29, 1.82) is 5.26 Å². The van der Waals surface area contributed by atoms with Crippen LogP contribution in [-0.4, -0.2) is 20.6 Å². The third-order valence-corrected chi connectivity index (χ3v) is 3.15. The highest BCUT2D eigenvalue weighted by atomic mass is 19.1. The van der Waals surface area contributed by atoms with Gasteiger partial charge in [0, 0.05) is 6.20 Å². The quantitative estimate of drug-likeness (QED) is 0.624. The second kappa shape index (κ2) is 7.02. The number of benzene rings is 2. The third kappa shape index (κ3) is 3.36. The smallest absolute Gasteiger partial charge is 0.216 e. The minimum atomic E-state index is -0.354. The van der Waals surface area contributed by atoms with Gasteiger partial charge >= 0.3 is 0 Å². The summed E-state index contributed by atoms with van der Waals surface area (Å²) in [7, 11) is 0. The summed E-state index contributed by atoms with van der Waals surface area (Å²) in [5.74, 6) is -0.170. The van der Waals surface area contributed by atoms with E-state index in [9.17, 15) is 9.65 Å². The number of nitriles is 1. The fraction of sp³-hybridized carbons (Fsp3) is 0. The molecule has 24 heavy (non-hydrogen) atoms. The van der Waals surface area contributed by atoms with Crippen LogP contribution in [-0.2, 0) is 0 Å². The monoisotopic (exact) mass is 321 g/mol. The Kier molecular flexibility index (Phi) is 4.44. The van der Waals surface area contributed by atoms with Crippen molar-refractivity contribution in [3.63, 3.8) is 0 Å². The predicted octanol–water partition coefficient (Wildman–Crippen LogP) is 3.06. The molecule has 0 fully saturated rings. The van der Waals surface area contributed by atoms with Crippen LogP contribution in [0.5, 0.6) is 0 Å². The maximum absolute atomic E-state index is 13.8. The Bertz CT molecular complexity index is 897. The van der Waals surface area contributed by atoms with Gasteiger partial charge < -0.3 is 10.6 Å². The van der Waals surface area contributed by atoms with Crippen molar-refractivity contribution in [2.75, 3.05) is 10.6 Å². The summed E-state index contributed by atoms with van der Waals surface area (Å²) in [6, 6.07) is 15.6. The molecule has 118 valence electrons. The Morgan fingerprint density at radius 3 is 2.46 bits per heavy atom. The third-order valence-electron chi connectivity index (χ3n) is 3.15. The lowest BCUT2D eigenvalue weighted by molar-refractivity contribution is 0.632. The van der Waals surface area contributed by atoms with E-state index in [-0.39, 0.29) is 17.2 Å². The van der Waals surface area contributed by atoms with E-state index in [4.69, 9.17) is 0 Å². The van der Waals surface area contributed by atoms with Gasteiger partial charge in [-0.05, 0) is 29.5 Å². The number of aromatic amines is 1. The summed E-state index contributed by atoms with van der Waals surface area (Å²) in [6.45, 7) is 0. The molecule has 1 heterocycles. The molecule has 0 unspecified atom stereocenters. The number of nitrogens with one attached hydrogen (secondary N) is 3. The molecular formula is C16H12FN7. The van der Waals surface area contributed by atoms with E-state index >= 15 is 0 Å². The number of hydrogen-bond donors (Lipinski definition) is 3. The molecule has 3 N–H and O–H groups in total. The fourth-order valence-electron chi connectivity index (χ4n) is 2.00. The van der Waals surface area contributed by atoms with E-state index in [1.807, 2.05) is 18.2 Å². The number of para-hydroxylation sites is 3. The van der Waals surface area contributed by atoms with Gasteiger partial charge in [-0.1, -0.05) is 24.3 Å². The highest BCUT2D eigenvalue weighted by Gasteiger charge is 2.07. The first-order chi connectivity index (χ1) is 11.8. The van der Waals surface area contributed by atoms with Gasteiger partial charge in [-0.3, -0.25) is 0 Å². The van der Waals surface area contributed by atoms with Crippen molar-refractivity contribution in [3.05, 3.63) is 66.4 Å². The number of aromatic nitrogens is 4. The molecule has 0 aliphatic carbocycles. The molecule has 0 atom stereocenters. The van der Waals surface area contributed by atoms with Gasteiger partial charge in [0.15, 0.2) is 0 Å². The average molecular weight is 321 g/mol. The van der Waals surface area contributed by atoms with Crippen LogP contribution >= 0.6 is 0 Å². The van der Waals surface area contributed by atoms with Crippen molar-refractivity contribution in [3.8, 4) is 6.07 Å². The Morgan fingerprint density at radius 1 is 1.08 bits per heavy atom. The van der Waals surface area contributed by atoms with Crippen LogP contribution in [0.15, 0.2) is 54.7 Å². The molecule has 0 aliphatic heterocycles. The molecule has 0 bridgehead atoms. The minimum Gasteiger partial charge on any atom is -0.359 e. The zero-order chi connectivity index (χ0) is 16.8. The first-order valence-electron chi connectivity index (χ1n) is 6.99. The van der Waals surface area contributed by atoms with Crippen LogP contribution in [0.4, 0.5) is 21.5 Å². The van der Waals surface area contributed by atoms with E-state index in [1.54, 1.807) is 30.3 Å². The van der Waals surface area contributed by atoms with Crippen LogP contribution in [0.3, 0.4) is 0 Å². The zero-order valence-electron chi connectivity index (χ0n) is 12.4. The van der Waals surface area contributed by atoms with E-state index in [0.717, 1.165) is 0 Å². The summed E-state index contributed by atoms with van der Waals surface area (Å²) in [5, 5.41) is 28.4. The van der Waals surface area contributed by atoms with Gasteiger partial charge in [-0.2, -0.15) is 10.5 Å². The molecule has 8 heteroatoms. The second-order valence-electron chi connectivity index (χ2n) is 4.70.